The molecule has 0 radical (unpaired) electrons. The van der Waals surface area contributed by atoms with Crippen molar-refractivity contribution in [3.63, 3.8) is 0 Å². The maximum Gasteiger partial charge on any atom is 0.242 e. The Morgan fingerprint density at radius 1 is 1.04 bits per heavy atom. The molecular weight excluding hydrogens is 352 g/mol. The minimum atomic E-state index is -1.16. The fourth-order valence-corrected chi connectivity index (χ4v) is 3.23. The zero-order chi connectivity index (χ0) is 19.8. The van der Waals surface area contributed by atoms with E-state index in [0.29, 0.717) is 30.9 Å². The summed E-state index contributed by atoms with van der Waals surface area (Å²) in [6.45, 7) is 2.83. The lowest BCUT2D eigenvalue weighted by Crippen LogP contribution is -2.54. The Morgan fingerprint density at radius 3 is 2.32 bits per heavy atom. The van der Waals surface area contributed by atoms with Crippen LogP contribution in [0.2, 0.25) is 0 Å². The number of para-hydroxylation sites is 1. The van der Waals surface area contributed by atoms with E-state index in [-0.39, 0.29) is 0 Å². The molecule has 1 aromatic carbocycles. The summed E-state index contributed by atoms with van der Waals surface area (Å²) in [4.78, 5) is 21.2. The van der Waals surface area contributed by atoms with Gasteiger partial charge in [0.05, 0.1) is 6.61 Å². The quantitative estimate of drug-likeness (QED) is 0.599. The molecule has 2 heterocycles. The third-order valence-corrected chi connectivity index (χ3v) is 4.58. The number of nitrogens with two attached hydrogens (primary N) is 1. The molecule has 28 heavy (non-hydrogen) atoms. The summed E-state index contributed by atoms with van der Waals surface area (Å²) < 4.78 is 5.81. The summed E-state index contributed by atoms with van der Waals surface area (Å²) in [6, 6.07) is 15.1. The Morgan fingerprint density at radius 2 is 1.71 bits per heavy atom. The smallest absolute Gasteiger partial charge is 0.242 e. The molecule has 6 nitrogen and oxygen atoms in total. The SMILES string of the molecule is CCOc1ccccc1C(Cc1cccnc1)(NCc1cccnc1)C(N)=O. The van der Waals surface area contributed by atoms with E-state index < -0.39 is 11.4 Å². The van der Waals surface area contributed by atoms with Crippen molar-refractivity contribution in [3.8, 4) is 5.75 Å². The van der Waals surface area contributed by atoms with Crippen molar-refractivity contribution >= 4 is 5.91 Å². The Bertz CT molecular complexity index is 903. The van der Waals surface area contributed by atoms with Crippen molar-refractivity contribution in [1.29, 1.82) is 0 Å². The summed E-state index contributed by atoms with van der Waals surface area (Å²) in [7, 11) is 0. The first-order valence-electron chi connectivity index (χ1n) is 9.21. The maximum atomic E-state index is 12.9. The van der Waals surface area contributed by atoms with Gasteiger partial charge in [0.15, 0.2) is 0 Å². The lowest BCUT2D eigenvalue weighted by atomic mass is 9.82. The summed E-state index contributed by atoms with van der Waals surface area (Å²) in [5, 5.41) is 3.39. The lowest BCUT2D eigenvalue weighted by Gasteiger charge is -2.34. The van der Waals surface area contributed by atoms with Gasteiger partial charge >= 0.3 is 0 Å². The van der Waals surface area contributed by atoms with Crippen molar-refractivity contribution in [2.45, 2.75) is 25.4 Å². The first kappa shape index (κ1) is 19.5. The van der Waals surface area contributed by atoms with Crippen LogP contribution in [0.1, 0.15) is 23.6 Å². The highest BCUT2D eigenvalue weighted by Gasteiger charge is 2.40. The number of benzene rings is 1. The average Bonchev–Trinajstić information content (AvgIpc) is 2.73. The fourth-order valence-electron chi connectivity index (χ4n) is 3.23. The van der Waals surface area contributed by atoms with Crippen LogP contribution >= 0.6 is 0 Å². The Kier molecular flexibility index (Phi) is 6.34. The first-order chi connectivity index (χ1) is 13.7. The van der Waals surface area contributed by atoms with Gasteiger partial charge in [0.25, 0.3) is 0 Å². The van der Waals surface area contributed by atoms with Crippen LogP contribution in [0.3, 0.4) is 0 Å². The average molecular weight is 376 g/mol. The van der Waals surface area contributed by atoms with Gasteiger partial charge in [-0.1, -0.05) is 30.3 Å². The number of hydrogen-bond acceptors (Lipinski definition) is 5. The fraction of sp³-hybridized carbons (Fsp3) is 0.227. The number of hydrogen-bond donors (Lipinski definition) is 2. The number of nitrogens with one attached hydrogen (secondary N) is 1. The van der Waals surface area contributed by atoms with Gasteiger partial charge in [-0.25, -0.2) is 0 Å². The van der Waals surface area contributed by atoms with Crippen LogP contribution in [0.15, 0.2) is 73.3 Å². The number of carbonyl (C=O) groups excluding carboxylic acids is 1. The van der Waals surface area contributed by atoms with Crippen molar-refractivity contribution in [2.24, 2.45) is 5.73 Å². The van der Waals surface area contributed by atoms with Crippen molar-refractivity contribution in [1.82, 2.24) is 15.3 Å². The summed E-state index contributed by atoms with van der Waals surface area (Å²) in [5.41, 5.74) is 7.38. The van der Waals surface area contributed by atoms with Gasteiger partial charge in [0, 0.05) is 43.3 Å². The minimum absolute atomic E-state index is 0.348. The van der Waals surface area contributed by atoms with Crippen LogP contribution < -0.4 is 15.8 Å². The number of rotatable bonds is 9. The molecule has 0 saturated heterocycles. The summed E-state index contributed by atoms with van der Waals surface area (Å²) in [5.74, 6) is 0.152. The monoisotopic (exact) mass is 376 g/mol. The normalized spacial score (nSPS) is 12.9. The number of nitrogens with zero attached hydrogens (tertiary/aromatic N) is 2. The molecule has 0 aliphatic rings. The molecule has 0 fully saturated rings. The topological polar surface area (TPSA) is 90.1 Å². The van der Waals surface area contributed by atoms with Gasteiger partial charge in [-0.05, 0) is 36.2 Å². The molecule has 0 bridgehead atoms. The molecule has 3 rings (SSSR count). The molecule has 144 valence electrons. The second-order valence-electron chi connectivity index (χ2n) is 6.45. The Labute approximate surface area is 164 Å². The standard InChI is InChI=1S/C22H24N4O2/c1-2-28-20-10-4-3-9-19(20)22(21(23)27,13-17-7-5-11-24-14-17)26-16-18-8-6-12-25-15-18/h3-12,14-15,26H,2,13,16H2,1H3,(H2,23,27). The van der Waals surface area contributed by atoms with E-state index in [1.165, 1.54) is 0 Å². The highest BCUT2D eigenvalue weighted by Crippen LogP contribution is 2.33. The van der Waals surface area contributed by atoms with Crippen LogP contribution in [-0.4, -0.2) is 22.5 Å². The number of amides is 1. The van der Waals surface area contributed by atoms with Crippen molar-refractivity contribution in [2.75, 3.05) is 6.61 Å². The number of primary amides is 1. The molecule has 1 amide bonds. The molecule has 0 aliphatic heterocycles. The first-order valence-corrected chi connectivity index (χ1v) is 9.21. The van der Waals surface area contributed by atoms with Crippen LogP contribution in [0.25, 0.3) is 0 Å². The molecule has 0 spiro atoms. The second kappa shape index (κ2) is 9.10. The van der Waals surface area contributed by atoms with E-state index in [0.717, 1.165) is 11.1 Å². The van der Waals surface area contributed by atoms with Crippen LogP contribution in [0.4, 0.5) is 0 Å². The van der Waals surface area contributed by atoms with E-state index in [4.69, 9.17) is 10.5 Å². The van der Waals surface area contributed by atoms with Gasteiger partial charge < -0.3 is 10.5 Å². The van der Waals surface area contributed by atoms with Crippen molar-refractivity contribution < 1.29 is 9.53 Å². The molecular formula is C22H24N4O2. The van der Waals surface area contributed by atoms with Gasteiger partial charge in [-0.15, -0.1) is 0 Å². The van der Waals surface area contributed by atoms with Crippen LogP contribution in [0.5, 0.6) is 5.75 Å². The minimum Gasteiger partial charge on any atom is -0.494 e. The van der Waals surface area contributed by atoms with E-state index in [1.54, 1.807) is 24.8 Å². The molecule has 3 N–H and O–H groups in total. The maximum absolute atomic E-state index is 12.9. The summed E-state index contributed by atoms with van der Waals surface area (Å²) in [6.07, 6.45) is 7.27. The molecule has 0 saturated carbocycles. The molecule has 0 aliphatic carbocycles. The van der Waals surface area contributed by atoms with Gasteiger partial charge in [-0.3, -0.25) is 20.1 Å². The van der Waals surface area contributed by atoms with E-state index in [2.05, 4.69) is 15.3 Å². The predicted molar refractivity (Wildman–Crippen MR) is 108 cm³/mol. The Balaban J connectivity index is 2.06. The second-order valence-corrected chi connectivity index (χ2v) is 6.45. The zero-order valence-corrected chi connectivity index (χ0v) is 15.8. The molecule has 1 unspecified atom stereocenters. The van der Waals surface area contributed by atoms with Gasteiger partial charge in [0.1, 0.15) is 11.3 Å². The third kappa shape index (κ3) is 4.35. The van der Waals surface area contributed by atoms with Gasteiger partial charge in [0.2, 0.25) is 5.91 Å². The van der Waals surface area contributed by atoms with E-state index in [1.807, 2.05) is 55.5 Å². The third-order valence-electron chi connectivity index (χ3n) is 4.58. The molecule has 1 atom stereocenters. The lowest BCUT2D eigenvalue weighted by molar-refractivity contribution is -0.125. The number of pyridine rings is 2. The molecule has 2 aromatic heterocycles. The summed E-state index contributed by atoms with van der Waals surface area (Å²) >= 11 is 0. The van der Waals surface area contributed by atoms with Gasteiger partial charge in [-0.2, -0.15) is 0 Å². The number of ether oxygens (including phenoxy) is 1. The van der Waals surface area contributed by atoms with Crippen LogP contribution in [0, 0.1) is 0 Å². The number of aromatic nitrogens is 2. The molecule has 3 aromatic rings. The zero-order valence-electron chi connectivity index (χ0n) is 15.8. The van der Waals surface area contributed by atoms with E-state index in [9.17, 15) is 4.79 Å². The highest BCUT2D eigenvalue weighted by atomic mass is 16.5. The predicted octanol–water partition coefficient (Wildman–Crippen LogP) is 2.59. The highest BCUT2D eigenvalue weighted by molar-refractivity contribution is 5.87. The molecule has 6 heteroatoms. The largest absolute Gasteiger partial charge is 0.494 e. The van der Waals surface area contributed by atoms with Crippen molar-refractivity contribution in [3.05, 3.63) is 90.0 Å². The number of carbonyl (C=O) groups is 1. The van der Waals surface area contributed by atoms with Crippen LogP contribution in [-0.2, 0) is 23.3 Å². The van der Waals surface area contributed by atoms with E-state index >= 15 is 0 Å². The Hall–Kier alpha value is -3.25.